The molecule has 2 aromatic rings. The highest BCUT2D eigenvalue weighted by molar-refractivity contribution is 6.68. The summed E-state index contributed by atoms with van der Waals surface area (Å²) in [6.07, 6.45) is -0.742. The van der Waals surface area contributed by atoms with Crippen molar-refractivity contribution in [3.8, 4) is 34.5 Å². The molecular formula is C22H20Cl2O10. The Morgan fingerprint density at radius 2 is 0.853 bits per heavy atom. The van der Waals surface area contributed by atoms with E-state index in [0.29, 0.717) is 0 Å². The van der Waals surface area contributed by atoms with Crippen LogP contribution in [0.25, 0.3) is 0 Å². The zero-order valence-corrected chi connectivity index (χ0v) is 20.1. The van der Waals surface area contributed by atoms with Crippen molar-refractivity contribution < 1.29 is 47.6 Å². The zero-order chi connectivity index (χ0) is 25.4. The number of hydrogen-bond donors (Lipinski definition) is 0. The second-order valence-corrected chi connectivity index (χ2v) is 7.10. The summed E-state index contributed by atoms with van der Waals surface area (Å²) in [4.78, 5) is 47.6. The minimum absolute atomic E-state index is 0.0303. The summed E-state index contributed by atoms with van der Waals surface area (Å²) in [6, 6.07) is 5.12. The van der Waals surface area contributed by atoms with Crippen molar-refractivity contribution in [3.63, 3.8) is 0 Å². The van der Waals surface area contributed by atoms with E-state index >= 15 is 0 Å². The van der Waals surface area contributed by atoms with Crippen molar-refractivity contribution in [2.75, 3.05) is 28.4 Å². The number of halogens is 2. The van der Waals surface area contributed by atoms with E-state index in [4.69, 9.17) is 51.6 Å². The van der Waals surface area contributed by atoms with Crippen molar-refractivity contribution in [1.82, 2.24) is 0 Å². The van der Waals surface area contributed by atoms with Gasteiger partial charge in [-0.2, -0.15) is 0 Å². The molecule has 2 rings (SSSR count). The average molecular weight is 515 g/mol. The standard InChI is InChI=1S/C22H20Cl2O10/c1-29-13-7-11(21(23)27)8-14(30-2)19(13)33-17(25)5-6-18(26)34-20-15(31-3)9-12(22(24)28)10-16(20)32-4/h7-10H,5-6H2,1-4H3. The third-order valence-electron chi connectivity index (χ3n) is 4.34. The molecule has 0 saturated heterocycles. The smallest absolute Gasteiger partial charge is 0.312 e. The molecule has 0 aliphatic heterocycles. The van der Waals surface area contributed by atoms with Crippen molar-refractivity contribution in [2.24, 2.45) is 0 Å². The molecule has 0 heterocycles. The number of benzene rings is 2. The molecule has 0 saturated carbocycles. The fourth-order valence-corrected chi connectivity index (χ4v) is 2.94. The maximum absolute atomic E-state index is 12.4. The molecule has 0 unspecified atom stereocenters. The van der Waals surface area contributed by atoms with Crippen LogP contribution in [0.1, 0.15) is 33.6 Å². The van der Waals surface area contributed by atoms with Crippen molar-refractivity contribution in [3.05, 3.63) is 35.4 Å². The topological polar surface area (TPSA) is 124 Å². The summed E-state index contributed by atoms with van der Waals surface area (Å²) in [5.41, 5.74) is 0.145. The Labute approximate surface area is 204 Å². The predicted octanol–water partition coefficient (Wildman–Crippen LogP) is 3.77. The highest BCUT2D eigenvalue weighted by Gasteiger charge is 2.22. The molecular weight excluding hydrogens is 495 g/mol. The van der Waals surface area contributed by atoms with Gasteiger partial charge in [-0.3, -0.25) is 19.2 Å². The SMILES string of the molecule is COc1cc(C(=O)Cl)cc(OC)c1OC(=O)CCC(=O)Oc1c(OC)cc(C(=O)Cl)cc1OC. The van der Waals surface area contributed by atoms with Crippen molar-refractivity contribution in [1.29, 1.82) is 0 Å². The summed E-state index contributed by atoms with van der Waals surface area (Å²) in [7, 11) is 5.21. The molecule has 0 atom stereocenters. The van der Waals surface area contributed by atoms with E-state index < -0.39 is 22.4 Å². The first-order chi connectivity index (χ1) is 16.1. The van der Waals surface area contributed by atoms with E-state index in [1.54, 1.807) is 0 Å². The van der Waals surface area contributed by atoms with Gasteiger partial charge in [0, 0.05) is 11.1 Å². The minimum atomic E-state index is -0.805. The number of rotatable bonds is 11. The van der Waals surface area contributed by atoms with Gasteiger partial charge in [0.15, 0.2) is 23.0 Å². The van der Waals surface area contributed by atoms with E-state index in [0.717, 1.165) is 0 Å². The number of methoxy groups -OCH3 is 4. The first-order valence-corrected chi connectivity index (χ1v) is 10.2. The van der Waals surface area contributed by atoms with E-state index in [1.807, 2.05) is 0 Å². The maximum Gasteiger partial charge on any atom is 0.312 e. The molecule has 0 amide bonds. The second-order valence-electron chi connectivity index (χ2n) is 6.42. The first-order valence-electron chi connectivity index (χ1n) is 9.48. The van der Waals surface area contributed by atoms with Gasteiger partial charge in [0.05, 0.1) is 41.3 Å². The summed E-state index contributed by atoms with van der Waals surface area (Å²) in [5.74, 6) is -1.67. The molecule has 0 radical (unpaired) electrons. The summed E-state index contributed by atoms with van der Waals surface area (Å²) >= 11 is 11.0. The quantitative estimate of drug-likeness (QED) is 0.248. The molecule has 12 heteroatoms. The summed E-state index contributed by atoms with van der Waals surface area (Å²) < 4.78 is 31.1. The molecule has 182 valence electrons. The Morgan fingerprint density at radius 1 is 0.588 bits per heavy atom. The van der Waals surface area contributed by atoms with Crippen LogP contribution in [-0.4, -0.2) is 50.9 Å². The van der Waals surface area contributed by atoms with Crippen LogP contribution in [0.15, 0.2) is 24.3 Å². The van der Waals surface area contributed by atoms with Crippen LogP contribution in [0.2, 0.25) is 0 Å². The number of ether oxygens (including phenoxy) is 6. The van der Waals surface area contributed by atoms with Gasteiger partial charge in [-0.15, -0.1) is 0 Å². The van der Waals surface area contributed by atoms with Crippen molar-refractivity contribution >= 4 is 45.6 Å². The molecule has 0 spiro atoms. The molecule has 0 aliphatic rings. The first kappa shape index (κ1) is 26.7. The van der Waals surface area contributed by atoms with Gasteiger partial charge >= 0.3 is 11.9 Å². The molecule has 0 fully saturated rings. The van der Waals surface area contributed by atoms with Crippen LogP contribution in [0.4, 0.5) is 0 Å². The Balaban J connectivity index is 2.13. The van der Waals surface area contributed by atoms with Gasteiger partial charge in [-0.25, -0.2) is 0 Å². The molecule has 10 nitrogen and oxygen atoms in total. The fourth-order valence-electron chi connectivity index (χ4n) is 2.72. The minimum Gasteiger partial charge on any atom is -0.493 e. The van der Waals surface area contributed by atoms with E-state index in [9.17, 15) is 19.2 Å². The number of hydrogen-bond acceptors (Lipinski definition) is 10. The zero-order valence-electron chi connectivity index (χ0n) is 18.6. The van der Waals surface area contributed by atoms with Gasteiger partial charge in [0.1, 0.15) is 0 Å². The molecule has 0 N–H and O–H groups in total. The molecule has 0 aliphatic carbocycles. The van der Waals surface area contributed by atoms with Gasteiger partial charge in [0.25, 0.3) is 10.5 Å². The maximum atomic E-state index is 12.4. The average Bonchev–Trinajstić information content (AvgIpc) is 2.82. The second kappa shape index (κ2) is 12.1. The number of esters is 2. The fraction of sp³-hybridized carbons (Fsp3) is 0.273. The van der Waals surface area contributed by atoms with Gasteiger partial charge in [-0.1, -0.05) is 0 Å². The van der Waals surface area contributed by atoms with Crippen LogP contribution in [0, 0.1) is 0 Å². The van der Waals surface area contributed by atoms with Crippen LogP contribution >= 0.6 is 23.2 Å². The third kappa shape index (κ3) is 6.52. The Bertz CT molecular complexity index is 975. The Hall–Kier alpha value is -3.50. The van der Waals surface area contributed by atoms with Crippen LogP contribution in [-0.2, 0) is 9.59 Å². The summed E-state index contributed by atoms with van der Waals surface area (Å²) in [6.45, 7) is 0. The molecule has 2 aromatic carbocycles. The molecule has 34 heavy (non-hydrogen) atoms. The van der Waals surface area contributed by atoms with Crippen LogP contribution in [0.3, 0.4) is 0 Å². The van der Waals surface area contributed by atoms with E-state index in [1.165, 1.54) is 52.7 Å². The van der Waals surface area contributed by atoms with Crippen LogP contribution in [0.5, 0.6) is 34.5 Å². The van der Waals surface area contributed by atoms with E-state index in [-0.39, 0.29) is 58.5 Å². The Kier molecular flexibility index (Phi) is 9.52. The van der Waals surface area contributed by atoms with Gasteiger partial charge in [-0.05, 0) is 47.5 Å². The predicted molar refractivity (Wildman–Crippen MR) is 120 cm³/mol. The normalized spacial score (nSPS) is 10.2. The van der Waals surface area contributed by atoms with Crippen LogP contribution < -0.4 is 28.4 Å². The molecule has 0 aromatic heterocycles. The van der Waals surface area contributed by atoms with Gasteiger partial charge in [0.2, 0.25) is 11.5 Å². The number of carbonyl (C=O) groups is 4. The summed E-state index contributed by atoms with van der Waals surface area (Å²) in [5, 5.41) is -1.52. The third-order valence-corrected chi connectivity index (χ3v) is 4.78. The lowest BCUT2D eigenvalue weighted by Crippen LogP contribution is -2.15. The molecule has 0 bridgehead atoms. The van der Waals surface area contributed by atoms with Gasteiger partial charge < -0.3 is 28.4 Å². The lowest BCUT2D eigenvalue weighted by atomic mass is 10.2. The lowest BCUT2D eigenvalue weighted by Gasteiger charge is -2.15. The van der Waals surface area contributed by atoms with E-state index in [2.05, 4.69) is 0 Å². The highest BCUT2D eigenvalue weighted by atomic mass is 35.5. The lowest BCUT2D eigenvalue weighted by molar-refractivity contribution is -0.140. The Morgan fingerprint density at radius 3 is 1.06 bits per heavy atom. The number of carbonyl (C=O) groups excluding carboxylic acids is 4. The van der Waals surface area contributed by atoms with Crippen molar-refractivity contribution in [2.45, 2.75) is 12.8 Å². The highest BCUT2D eigenvalue weighted by Crippen LogP contribution is 2.40. The largest absolute Gasteiger partial charge is 0.493 e. The monoisotopic (exact) mass is 514 g/mol.